The van der Waals surface area contributed by atoms with Crippen LogP contribution in [0.25, 0.3) is 0 Å². The second-order valence-corrected chi connectivity index (χ2v) is 2.61. The van der Waals surface area contributed by atoms with Crippen molar-refractivity contribution in [2.24, 2.45) is 5.92 Å². The Balaban J connectivity index is 2.62. The molecule has 1 aliphatic carbocycles. The molecule has 0 nitrogen and oxygen atoms in total. The van der Waals surface area contributed by atoms with Gasteiger partial charge in [0.2, 0.25) is 0 Å². The summed E-state index contributed by atoms with van der Waals surface area (Å²) in [4.78, 5) is 0. The normalized spacial score (nSPS) is 18.2. The number of halogens is 1. The molecule has 0 bridgehead atoms. The molecule has 0 aromatic heterocycles. The minimum absolute atomic E-state index is 0.572. The fourth-order valence-electron chi connectivity index (χ4n) is 0.947. The first-order valence-corrected chi connectivity index (χ1v) is 3.77. The van der Waals surface area contributed by atoms with E-state index in [0.29, 0.717) is 12.2 Å². The lowest BCUT2D eigenvalue weighted by molar-refractivity contribution is 0.718. The molecule has 1 heteroatoms. The maximum Gasteiger partial charge on any atom is 0.0869 e. The number of rotatable bonds is 2. The van der Waals surface area contributed by atoms with E-state index in [0.717, 1.165) is 5.57 Å². The van der Waals surface area contributed by atoms with Crippen molar-refractivity contribution >= 4 is 0 Å². The van der Waals surface area contributed by atoms with Gasteiger partial charge in [-0.2, -0.15) is 0 Å². The predicted octanol–water partition coefficient (Wildman–Crippen LogP) is 2.83. The van der Waals surface area contributed by atoms with Crippen molar-refractivity contribution in [1.29, 1.82) is 0 Å². The highest BCUT2D eigenvalue weighted by atomic mass is 19.1. The van der Waals surface area contributed by atoms with Crippen molar-refractivity contribution in [3.8, 4) is 11.8 Å². The van der Waals surface area contributed by atoms with Gasteiger partial charge in [-0.05, 0) is 43.4 Å². The summed E-state index contributed by atoms with van der Waals surface area (Å²) >= 11 is 0. The van der Waals surface area contributed by atoms with Crippen molar-refractivity contribution in [3.05, 3.63) is 24.1 Å². The maximum atomic E-state index is 11.8. The molecule has 1 fully saturated rings. The molecule has 0 unspecified atom stereocenters. The largest absolute Gasteiger partial charge is 0.216 e. The van der Waals surface area contributed by atoms with E-state index in [1.165, 1.54) is 18.9 Å². The molecular weight excluding hydrogens is 139 g/mol. The van der Waals surface area contributed by atoms with Crippen LogP contribution in [0.15, 0.2) is 24.1 Å². The molecule has 0 radical (unpaired) electrons. The molecule has 0 spiro atoms. The minimum atomic E-state index is 0.572. The average molecular weight is 150 g/mol. The quantitative estimate of drug-likeness (QED) is 0.419. The van der Waals surface area contributed by atoms with E-state index in [9.17, 15) is 4.39 Å². The zero-order valence-corrected chi connectivity index (χ0v) is 6.60. The molecule has 0 aliphatic heterocycles. The van der Waals surface area contributed by atoms with Crippen LogP contribution in [0.4, 0.5) is 4.39 Å². The molecule has 0 atom stereocenters. The summed E-state index contributed by atoms with van der Waals surface area (Å²) in [6, 6.07) is 0. The van der Waals surface area contributed by atoms with Gasteiger partial charge in [0.25, 0.3) is 0 Å². The van der Waals surface area contributed by atoms with Crippen molar-refractivity contribution in [1.82, 2.24) is 0 Å². The molecule has 0 amide bonds. The maximum absolute atomic E-state index is 11.8. The topological polar surface area (TPSA) is 0 Å². The highest BCUT2D eigenvalue weighted by Crippen LogP contribution is 2.36. The summed E-state index contributed by atoms with van der Waals surface area (Å²) in [6.07, 6.45) is 6.25. The van der Waals surface area contributed by atoms with Gasteiger partial charge in [-0.15, -0.1) is 5.92 Å². The Labute approximate surface area is 66.8 Å². The van der Waals surface area contributed by atoms with E-state index in [-0.39, 0.29) is 0 Å². The Morgan fingerprint density at radius 3 is 2.73 bits per heavy atom. The third-order valence-electron chi connectivity index (χ3n) is 1.69. The summed E-state index contributed by atoms with van der Waals surface area (Å²) < 4.78 is 11.8. The Bertz CT molecular complexity index is 233. The van der Waals surface area contributed by atoms with Gasteiger partial charge >= 0.3 is 0 Å². The summed E-state index contributed by atoms with van der Waals surface area (Å²) in [5, 5.41) is 0. The summed E-state index contributed by atoms with van der Waals surface area (Å²) in [7, 11) is 0. The van der Waals surface area contributed by atoms with Gasteiger partial charge in [0.05, 0.1) is 6.33 Å². The lowest BCUT2D eigenvalue weighted by Gasteiger charge is -1.91. The predicted molar refractivity (Wildman–Crippen MR) is 44.5 cm³/mol. The molecule has 0 aromatic rings. The molecule has 0 aromatic carbocycles. The molecule has 0 heterocycles. The number of hydrogen-bond acceptors (Lipinski definition) is 0. The van der Waals surface area contributed by atoms with Crippen molar-refractivity contribution in [3.63, 3.8) is 0 Å². The lowest BCUT2D eigenvalue weighted by atomic mass is 10.1. The molecule has 0 N–H and O–H groups in total. The highest BCUT2D eigenvalue weighted by Gasteiger charge is 2.23. The summed E-state index contributed by atoms with van der Waals surface area (Å²) in [5.74, 6) is 6.15. The second-order valence-electron chi connectivity index (χ2n) is 2.61. The van der Waals surface area contributed by atoms with Crippen LogP contribution < -0.4 is 0 Å². The van der Waals surface area contributed by atoms with E-state index < -0.39 is 0 Å². The van der Waals surface area contributed by atoms with Gasteiger partial charge < -0.3 is 0 Å². The van der Waals surface area contributed by atoms with Crippen LogP contribution in [0, 0.1) is 17.8 Å². The van der Waals surface area contributed by atoms with Crippen LogP contribution in [0.2, 0.25) is 0 Å². The standard InChI is InChI=1S/C10H11F/c1-2-3-4-9(7-8-11)10-5-6-10/h4,7-8,10H,5-6H2,1H3. The molecule has 58 valence electrons. The molecule has 0 saturated heterocycles. The smallest absolute Gasteiger partial charge is 0.0869 e. The first-order valence-electron chi connectivity index (χ1n) is 3.77. The van der Waals surface area contributed by atoms with Gasteiger partial charge in [0, 0.05) is 0 Å². The van der Waals surface area contributed by atoms with E-state index in [2.05, 4.69) is 11.8 Å². The van der Waals surface area contributed by atoms with Crippen molar-refractivity contribution in [2.45, 2.75) is 19.8 Å². The average Bonchev–Trinajstić information content (AvgIpc) is 2.80. The first-order chi connectivity index (χ1) is 5.38. The number of allylic oxidation sites excluding steroid dienone is 3. The Morgan fingerprint density at radius 1 is 1.55 bits per heavy atom. The SMILES string of the molecule is CC#CC=C(C=CF)C1CC1. The lowest BCUT2D eigenvalue weighted by Crippen LogP contribution is -1.78. The molecule has 1 aliphatic rings. The van der Waals surface area contributed by atoms with Gasteiger partial charge in [-0.25, -0.2) is 4.39 Å². The van der Waals surface area contributed by atoms with Crippen LogP contribution in [-0.2, 0) is 0 Å². The summed E-state index contributed by atoms with van der Waals surface area (Å²) in [6.45, 7) is 1.78. The number of hydrogen-bond donors (Lipinski definition) is 0. The molecule has 1 saturated carbocycles. The zero-order chi connectivity index (χ0) is 8.10. The Kier molecular flexibility index (Phi) is 2.92. The Hall–Kier alpha value is -1.03. The van der Waals surface area contributed by atoms with Crippen LogP contribution >= 0.6 is 0 Å². The van der Waals surface area contributed by atoms with E-state index in [4.69, 9.17) is 0 Å². The van der Waals surface area contributed by atoms with E-state index >= 15 is 0 Å². The van der Waals surface area contributed by atoms with Gasteiger partial charge in [0.15, 0.2) is 0 Å². The zero-order valence-electron chi connectivity index (χ0n) is 6.60. The highest BCUT2D eigenvalue weighted by molar-refractivity contribution is 5.32. The Morgan fingerprint density at radius 2 is 2.27 bits per heavy atom. The summed E-state index contributed by atoms with van der Waals surface area (Å²) in [5.41, 5.74) is 1.03. The second kappa shape index (κ2) is 3.98. The fraction of sp³-hybridized carbons (Fsp3) is 0.400. The molecule has 11 heavy (non-hydrogen) atoms. The molecule has 1 rings (SSSR count). The fourth-order valence-corrected chi connectivity index (χ4v) is 0.947. The first kappa shape index (κ1) is 8.07. The minimum Gasteiger partial charge on any atom is -0.216 e. The van der Waals surface area contributed by atoms with Crippen molar-refractivity contribution in [2.75, 3.05) is 0 Å². The van der Waals surface area contributed by atoms with Gasteiger partial charge in [-0.3, -0.25) is 0 Å². The van der Waals surface area contributed by atoms with E-state index in [1.54, 1.807) is 13.0 Å². The van der Waals surface area contributed by atoms with Crippen LogP contribution in [0.3, 0.4) is 0 Å². The third kappa shape index (κ3) is 2.59. The monoisotopic (exact) mass is 150 g/mol. The van der Waals surface area contributed by atoms with Gasteiger partial charge in [0.1, 0.15) is 0 Å². The third-order valence-corrected chi connectivity index (χ3v) is 1.69. The molecular formula is C10H11F. The van der Waals surface area contributed by atoms with Crippen LogP contribution in [-0.4, -0.2) is 0 Å². The van der Waals surface area contributed by atoms with E-state index in [1.807, 2.05) is 0 Å². The van der Waals surface area contributed by atoms with Crippen LogP contribution in [0.5, 0.6) is 0 Å². The van der Waals surface area contributed by atoms with Gasteiger partial charge in [-0.1, -0.05) is 5.92 Å². The van der Waals surface area contributed by atoms with Crippen LogP contribution in [0.1, 0.15) is 19.8 Å². The van der Waals surface area contributed by atoms with Crippen molar-refractivity contribution < 1.29 is 4.39 Å².